The van der Waals surface area contributed by atoms with Crippen molar-refractivity contribution in [3.8, 4) is 5.75 Å². The lowest BCUT2D eigenvalue weighted by atomic mass is 10.0. The van der Waals surface area contributed by atoms with Gasteiger partial charge in [-0.25, -0.2) is 9.97 Å². The van der Waals surface area contributed by atoms with Gasteiger partial charge in [-0.15, -0.1) is 0 Å². The molecule has 3 rings (SSSR count). The third-order valence-corrected chi connectivity index (χ3v) is 5.28. The molecule has 1 aliphatic heterocycles. The molecule has 2 amide bonds. The third kappa shape index (κ3) is 5.34. The van der Waals surface area contributed by atoms with Gasteiger partial charge in [0.25, 0.3) is 11.8 Å². The molecule has 1 aliphatic rings. The predicted octanol–water partition coefficient (Wildman–Crippen LogP) is 3.28. The highest BCUT2D eigenvalue weighted by molar-refractivity contribution is 5.96. The van der Waals surface area contributed by atoms with Crippen LogP contribution in [0.25, 0.3) is 0 Å². The van der Waals surface area contributed by atoms with Crippen LogP contribution in [0, 0.1) is 5.92 Å². The van der Waals surface area contributed by atoms with E-state index in [1.165, 1.54) is 6.33 Å². The molecule has 0 radical (unpaired) electrons. The molecule has 0 bridgehead atoms. The van der Waals surface area contributed by atoms with E-state index in [2.05, 4.69) is 23.8 Å². The summed E-state index contributed by atoms with van der Waals surface area (Å²) in [6.07, 6.45) is 5.39. The molecule has 0 spiro atoms. The number of aromatic nitrogens is 2. The highest BCUT2D eigenvalue weighted by Gasteiger charge is 2.28. The van der Waals surface area contributed by atoms with E-state index < -0.39 is 0 Å². The summed E-state index contributed by atoms with van der Waals surface area (Å²) >= 11 is 0. The van der Waals surface area contributed by atoms with Gasteiger partial charge in [-0.2, -0.15) is 0 Å². The smallest absolute Gasteiger partial charge is 0.272 e. The molecule has 1 aromatic carbocycles. The van der Waals surface area contributed by atoms with Crippen LogP contribution in [0.5, 0.6) is 5.75 Å². The van der Waals surface area contributed by atoms with Crippen molar-refractivity contribution in [3.63, 3.8) is 0 Å². The Morgan fingerprint density at radius 2 is 1.97 bits per heavy atom. The summed E-state index contributed by atoms with van der Waals surface area (Å²) < 4.78 is 6.13. The fraction of sp³-hybridized carbons (Fsp3) is 0.478. The van der Waals surface area contributed by atoms with Gasteiger partial charge in [-0.05, 0) is 43.4 Å². The molecular formula is C23H30N4O3. The van der Waals surface area contributed by atoms with Crippen molar-refractivity contribution < 1.29 is 14.3 Å². The maximum atomic E-state index is 13.3. The lowest BCUT2D eigenvalue weighted by molar-refractivity contribution is 0.0553. The fourth-order valence-electron chi connectivity index (χ4n) is 3.74. The summed E-state index contributed by atoms with van der Waals surface area (Å²) in [7, 11) is 1.80. The van der Waals surface area contributed by atoms with Crippen molar-refractivity contribution in [1.29, 1.82) is 0 Å². The Labute approximate surface area is 178 Å². The number of fused-ring (bicyclic) bond motifs is 1. The molecular weight excluding hydrogens is 380 g/mol. The first-order valence-corrected chi connectivity index (χ1v) is 10.5. The van der Waals surface area contributed by atoms with Gasteiger partial charge in [0.1, 0.15) is 24.4 Å². The summed E-state index contributed by atoms with van der Waals surface area (Å²) in [5.74, 6) is 0.787. The third-order valence-electron chi connectivity index (χ3n) is 5.28. The first kappa shape index (κ1) is 21.7. The van der Waals surface area contributed by atoms with Crippen LogP contribution in [0.15, 0.2) is 42.9 Å². The van der Waals surface area contributed by atoms with Crippen molar-refractivity contribution in [2.75, 3.05) is 26.7 Å². The van der Waals surface area contributed by atoms with Gasteiger partial charge in [0, 0.05) is 26.3 Å². The second-order valence-corrected chi connectivity index (χ2v) is 8.12. The number of carbonyl (C=O) groups is 2. The number of amides is 2. The molecule has 160 valence electrons. The minimum atomic E-state index is -0.118. The predicted molar refractivity (Wildman–Crippen MR) is 114 cm³/mol. The van der Waals surface area contributed by atoms with Gasteiger partial charge in [-0.3, -0.25) is 9.59 Å². The molecule has 7 nitrogen and oxygen atoms in total. The Morgan fingerprint density at radius 3 is 2.70 bits per heavy atom. The van der Waals surface area contributed by atoms with Crippen LogP contribution >= 0.6 is 0 Å². The van der Waals surface area contributed by atoms with Crippen LogP contribution in [0.2, 0.25) is 0 Å². The SMILES string of the molecule is CC(C)C[C@H]1COc2ccccc2C(=O)N(C)CCCCN1C(=O)c1ccncn1. The molecule has 0 saturated carbocycles. The second kappa shape index (κ2) is 10.2. The van der Waals surface area contributed by atoms with Crippen molar-refractivity contribution in [3.05, 3.63) is 54.1 Å². The van der Waals surface area contributed by atoms with Crippen LogP contribution in [0.4, 0.5) is 0 Å². The van der Waals surface area contributed by atoms with E-state index >= 15 is 0 Å². The number of hydrogen-bond donors (Lipinski definition) is 0. The van der Waals surface area contributed by atoms with Crippen LogP contribution in [-0.2, 0) is 0 Å². The topological polar surface area (TPSA) is 75.6 Å². The minimum Gasteiger partial charge on any atom is -0.491 e. The van der Waals surface area contributed by atoms with Gasteiger partial charge in [0.05, 0.1) is 11.6 Å². The number of carbonyl (C=O) groups excluding carboxylic acids is 2. The average molecular weight is 411 g/mol. The average Bonchev–Trinajstić information content (AvgIpc) is 2.75. The molecule has 2 heterocycles. The normalized spacial score (nSPS) is 18.3. The number of ether oxygens (including phenoxy) is 1. The van der Waals surface area contributed by atoms with Gasteiger partial charge < -0.3 is 14.5 Å². The molecule has 0 fully saturated rings. The van der Waals surface area contributed by atoms with Crippen molar-refractivity contribution >= 4 is 11.8 Å². The quantitative estimate of drug-likeness (QED) is 0.776. The van der Waals surface area contributed by atoms with Crippen molar-refractivity contribution in [1.82, 2.24) is 19.8 Å². The number of hydrogen-bond acceptors (Lipinski definition) is 5. The van der Waals surface area contributed by atoms with E-state index in [0.29, 0.717) is 42.6 Å². The summed E-state index contributed by atoms with van der Waals surface area (Å²) in [6.45, 7) is 5.81. The standard InChI is InChI=1S/C23H30N4O3/c1-17(2)14-18-15-30-21-9-5-4-8-19(21)22(28)26(3)12-6-7-13-27(18)23(29)20-10-11-24-16-25-20/h4-5,8-11,16-18H,6-7,12-15H2,1-3H3/t18-/m0/s1. The molecule has 0 unspecified atom stereocenters. The van der Waals surface area contributed by atoms with Crippen LogP contribution in [0.3, 0.4) is 0 Å². The molecule has 1 atom stereocenters. The Morgan fingerprint density at radius 1 is 1.20 bits per heavy atom. The lowest BCUT2D eigenvalue weighted by Gasteiger charge is -2.33. The first-order chi connectivity index (χ1) is 14.5. The highest BCUT2D eigenvalue weighted by atomic mass is 16.5. The summed E-state index contributed by atoms with van der Waals surface area (Å²) in [5.41, 5.74) is 0.941. The Balaban J connectivity index is 1.92. The maximum absolute atomic E-state index is 13.3. The molecule has 2 aromatic rings. The summed E-state index contributed by atoms with van der Waals surface area (Å²) in [6, 6.07) is 8.84. The first-order valence-electron chi connectivity index (χ1n) is 10.5. The van der Waals surface area contributed by atoms with E-state index in [0.717, 1.165) is 19.3 Å². The van der Waals surface area contributed by atoms with Crippen LogP contribution < -0.4 is 4.74 Å². The fourth-order valence-corrected chi connectivity index (χ4v) is 3.74. The van der Waals surface area contributed by atoms with E-state index in [4.69, 9.17) is 4.74 Å². The Hall–Kier alpha value is -2.96. The van der Waals surface area contributed by atoms with Gasteiger partial charge >= 0.3 is 0 Å². The summed E-state index contributed by atoms with van der Waals surface area (Å²) in [4.78, 5) is 37.8. The Kier molecular flexibility index (Phi) is 7.38. The van der Waals surface area contributed by atoms with E-state index in [1.807, 2.05) is 23.1 Å². The van der Waals surface area contributed by atoms with Crippen LogP contribution in [0.1, 0.15) is 54.0 Å². The zero-order valence-electron chi connectivity index (χ0n) is 18.0. The van der Waals surface area contributed by atoms with E-state index in [-0.39, 0.29) is 17.9 Å². The van der Waals surface area contributed by atoms with E-state index in [9.17, 15) is 9.59 Å². The maximum Gasteiger partial charge on any atom is 0.272 e. The number of para-hydroxylation sites is 1. The molecule has 7 heteroatoms. The largest absolute Gasteiger partial charge is 0.491 e. The Bertz CT molecular complexity index is 857. The lowest BCUT2D eigenvalue weighted by Crippen LogP contribution is -2.45. The minimum absolute atomic E-state index is 0.0412. The van der Waals surface area contributed by atoms with E-state index in [1.54, 1.807) is 30.3 Å². The number of benzene rings is 1. The number of rotatable bonds is 3. The van der Waals surface area contributed by atoms with Gasteiger partial charge in [-0.1, -0.05) is 26.0 Å². The molecule has 1 aromatic heterocycles. The van der Waals surface area contributed by atoms with Crippen molar-refractivity contribution in [2.45, 2.75) is 39.2 Å². The zero-order chi connectivity index (χ0) is 21.5. The molecule has 0 N–H and O–H groups in total. The van der Waals surface area contributed by atoms with Crippen molar-refractivity contribution in [2.24, 2.45) is 5.92 Å². The van der Waals surface area contributed by atoms with Crippen LogP contribution in [-0.4, -0.2) is 64.4 Å². The monoisotopic (exact) mass is 410 g/mol. The zero-order valence-corrected chi connectivity index (χ0v) is 18.0. The highest BCUT2D eigenvalue weighted by Crippen LogP contribution is 2.23. The molecule has 0 aliphatic carbocycles. The molecule has 0 saturated heterocycles. The molecule has 30 heavy (non-hydrogen) atoms. The number of nitrogens with zero attached hydrogens (tertiary/aromatic N) is 4. The van der Waals surface area contributed by atoms with Gasteiger partial charge in [0.2, 0.25) is 0 Å². The second-order valence-electron chi connectivity index (χ2n) is 8.12. The van der Waals surface area contributed by atoms with Gasteiger partial charge in [0.15, 0.2) is 0 Å². The summed E-state index contributed by atoms with van der Waals surface area (Å²) in [5, 5.41) is 0.